The van der Waals surface area contributed by atoms with E-state index in [-0.39, 0.29) is 59.2 Å². The third-order valence-electron chi connectivity index (χ3n) is 6.25. The average molecular weight is 636 g/mol. The van der Waals surface area contributed by atoms with Gasteiger partial charge in [-0.3, -0.25) is 47.9 Å². The second-order valence-electron chi connectivity index (χ2n) is 9.28. The highest BCUT2D eigenvalue weighted by Crippen LogP contribution is 2.69. The summed E-state index contributed by atoms with van der Waals surface area (Å²) in [6, 6.07) is 0. The number of hydrogen-bond donors (Lipinski definition) is 7. The summed E-state index contributed by atoms with van der Waals surface area (Å²) in [5.74, 6) is -1.59. The van der Waals surface area contributed by atoms with E-state index in [0.717, 1.165) is 0 Å². The van der Waals surface area contributed by atoms with Gasteiger partial charge in [0.15, 0.2) is 0 Å². The molecule has 19 nitrogen and oxygen atoms in total. The Hall–Kier alpha value is -2.02. The summed E-state index contributed by atoms with van der Waals surface area (Å²) in [6.45, 7) is 2.41. The number of carbonyl (C=O) groups is 4. The number of nitrogens with one attached hydrogen (secondary N) is 1. The van der Waals surface area contributed by atoms with Crippen molar-refractivity contribution < 1.29 is 67.6 Å². The Labute approximate surface area is 236 Å². The minimum atomic E-state index is -5.60. The van der Waals surface area contributed by atoms with Crippen LogP contribution in [0.2, 0.25) is 0 Å². The first-order valence-electron chi connectivity index (χ1n) is 12.4. The van der Waals surface area contributed by atoms with Crippen molar-refractivity contribution in [2.75, 3.05) is 85.5 Å². The van der Waals surface area contributed by atoms with Crippen molar-refractivity contribution in [1.29, 1.82) is 0 Å². The number of rotatable bonds is 16. The molecular weight excluding hydrogens is 596 g/mol. The lowest BCUT2D eigenvalue weighted by molar-refractivity contribution is -0.139. The molecule has 0 aromatic carbocycles. The highest BCUT2D eigenvalue weighted by Gasteiger charge is 2.58. The van der Waals surface area contributed by atoms with Gasteiger partial charge in [0.05, 0.1) is 13.1 Å². The fourth-order valence-electron chi connectivity index (χ4n) is 3.89. The molecule has 0 atom stereocenters. The zero-order chi connectivity index (χ0) is 31.1. The fraction of sp³-hybridized carbons (Fsp3) is 0.800. The minimum Gasteiger partial charge on any atom is -0.480 e. The zero-order valence-corrected chi connectivity index (χ0v) is 24.2. The molecule has 1 amide bonds. The first-order valence-corrected chi connectivity index (χ1v) is 15.7. The summed E-state index contributed by atoms with van der Waals surface area (Å²) in [5, 5.41) is 18.1. The van der Waals surface area contributed by atoms with Crippen LogP contribution >= 0.6 is 15.2 Å². The molecule has 1 fully saturated rings. The number of aliphatic hydroxyl groups is 1. The van der Waals surface area contributed by atoms with Crippen molar-refractivity contribution in [1.82, 2.24) is 24.9 Å². The van der Waals surface area contributed by atoms with Crippen LogP contribution in [0, 0.1) is 0 Å². The van der Waals surface area contributed by atoms with Gasteiger partial charge in [-0.15, -0.1) is 0 Å². The molecule has 1 aliphatic rings. The van der Waals surface area contributed by atoms with Crippen molar-refractivity contribution in [3.05, 3.63) is 0 Å². The van der Waals surface area contributed by atoms with E-state index in [9.17, 15) is 58.1 Å². The van der Waals surface area contributed by atoms with E-state index in [1.807, 2.05) is 0 Å². The predicted octanol–water partition coefficient (Wildman–Crippen LogP) is -3.55. The lowest BCUT2D eigenvalue weighted by Crippen LogP contribution is -2.49. The van der Waals surface area contributed by atoms with Crippen molar-refractivity contribution in [2.45, 2.75) is 17.9 Å². The summed E-state index contributed by atoms with van der Waals surface area (Å²) in [4.78, 5) is 89.1. The maximum atomic E-state index is 12.6. The van der Waals surface area contributed by atoms with E-state index >= 15 is 0 Å². The minimum absolute atomic E-state index is 0.0151. The number of ether oxygens (including phenoxy) is 2. The first kappa shape index (κ1) is 37.0. The summed E-state index contributed by atoms with van der Waals surface area (Å²) < 4.78 is 32.6. The second kappa shape index (κ2) is 17.8. The van der Waals surface area contributed by atoms with Crippen LogP contribution in [-0.4, -0.2) is 165 Å². The van der Waals surface area contributed by atoms with Gasteiger partial charge in [-0.25, -0.2) is 0 Å². The van der Waals surface area contributed by atoms with E-state index < -0.39 is 38.6 Å². The Morgan fingerprint density at radius 3 is 1.51 bits per heavy atom. The van der Waals surface area contributed by atoms with Crippen LogP contribution < -0.4 is 5.32 Å². The molecule has 0 aliphatic carbocycles. The largest absolute Gasteiger partial charge is 0.480 e. The van der Waals surface area contributed by atoms with Crippen LogP contribution in [0.1, 0.15) is 12.8 Å². The van der Waals surface area contributed by atoms with Gasteiger partial charge in [0.1, 0.15) is 13.5 Å². The summed E-state index contributed by atoms with van der Waals surface area (Å²) in [6.07, 6.45) is -1.33. The number of carboxylic acids is 1. The molecule has 238 valence electrons. The predicted molar refractivity (Wildman–Crippen MR) is 139 cm³/mol. The third-order valence-corrected chi connectivity index (χ3v) is 10.1. The van der Waals surface area contributed by atoms with Gasteiger partial charge < -0.3 is 44.6 Å². The van der Waals surface area contributed by atoms with Gasteiger partial charge in [-0.2, -0.15) is 0 Å². The molecule has 1 saturated heterocycles. The number of aliphatic carboxylic acids is 1. The highest BCUT2D eigenvalue weighted by atomic mass is 31.2. The van der Waals surface area contributed by atoms with Crippen LogP contribution in [-0.2, 0) is 37.8 Å². The number of hydrogen-bond acceptors (Lipinski definition) is 13. The molecule has 1 heterocycles. The van der Waals surface area contributed by atoms with E-state index in [0.29, 0.717) is 45.7 Å². The van der Waals surface area contributed by atoms with Crippen molar-refractivity contribution in [2.24, 2.45) is 0 Å². The quantitative estimate of drug-likeness (QED) is 0.0491. The molecule has 7 N–H and O–H groups in total. The second-order valence-corrected chi connectivity index (χ2v) is 13.3. The lowest BCUT2D eigenvalue weighted by atomic mass is 10.3. The van der Waals surface area contributed by atoms with Crippen LogP contribution in [0.4, 0.5) is 0 Å². The van der Waals surface area contributed by atoms with E-state index in [4.69, 9.17) is 9.47 Å². The Bertz CT molecular complexity index is 925. The Morgan fingerprint density at radius 2 is 1.15 bits per heavy atom. The molecule has 41 heavy (non-hydrogen) atoms. The first-order chi connectivity index (χ1) is 19.1. The molecule has 0 aromatic heterocycles. The molecule has 0 unspecified atom stereocenters. The molecule has 0 aromatic rings. The maximum Gasteiger partial charge on any atom is 0.369 e. The monoisotopic (exact) mass is 635 g/mol. The van der Waals surface area contributed by atoms with Gasteiger partial charge in [-0.05, 0) is 6.42 Å². The summed E-state index contributed by atoms with van der Waals surface area (Å²) in [5.41, 5.74) is 0. The molecule has 0 spiro atoms. The standard InChI is InChI=1S/C20H39N5O14P2/c26-16-38-14-24-8-6-22(4-5-23(13-19(29)30)7-9-25(11-10-24)15-39-17-27)12-18(28)21-3-1-2-20(31,40(32,33)34)41(35,36)37/h16-17,31H,1-15H2,(H,21,28)(H,29,30)(H2,32,33,34)(H2,35,36,37). The number of amides is 1. The Kier molecular flexibility index (Phi) is 16.1. The van der Waals surface area contributed by atoms with E-state index in [2.05, 4.69) is 5.32 Å². The SMILES string of the molecule is O=COCN1CCN(COC=O)CCN(CC(=O)NCCCC(O)(P(=O)(O)O)P(=O)(O)O)CCN(CC(=O)O)CC1. The molecule has 0 bridgehead atoms. The van der Waals surface area contributed by atoms with Crippen LogP contribution in [0.25, 0.3) is 0 Å². The average Bonchev–Trinajstić information content (AvgIpc) is 2.86. The number of nitrogens with zero attached hydrogens (tertiary/aromatic N) is 4. The van der Waals surface area contributed by atoms with Crippen molar-refractivity contribution >= 4 is 40.0 Å². The molecule has 21 heteroatoms. The summed E-state index contributed by atoms with van der Waals surface area (Å²) >= 11 is 0. The lowest BCUT2D eigenvalue weighted by Gasteiger charge is -2.33. The van der Waals surface area contributed by atoms with E-state index in [1.165, 1.54) is 0 Å². The molecule has 1 aliphatic heterocycles. The van der Waals surface area contributed by atoms with Gasteiger partial charge in [0.2, 0.25) is 5.91 Å². The van der Waals surface area contributed by atoms with Crippen LogP contribution in [0.15, 0.2) is 0 Å². The molecule has 0 radical (unpaired) electrons. The Balaban J connectivity index is 2.87. The summed E-state index contributed by atoms with van der Waals surface area (Å²) in [7, 11) is -11.2. The molecule has 1 rings (SSSR count). The van der Waals surface area contributed by atoms with E-state index in [1.54, 1.807) is 19.6 Å². The van der Waals surface area contributed by atoms with Crippen molar-refractivity contribution in [3.8, 4) is 0 Å². The molecular formula is C20H39N5O14P2. The third kappa shape index (κ3) is 13.7. The Morgan fingerprint density at radius 1 is 0.756 bits per heavy atom. The van der Waals surface area contributed by atoms with Crippen LogP contribution in [0.3, 0.4) is 0 Å². The zero-order valence-electron chi connectivity index (χ0n) is 22.4. The van der Waals surface area contributed by atoms with Gasteiger partial charge in [0, 0.05) is 65.3 Å². The smallest absolute Gasteiger partial charge is 0.369 e. The van der Waals surface area contributed by atoms with Gasteiger partial charge in [-0.1, -0.05) is 0 Å². The fourth-order valence-corrected chi connectivity index (χ4v) is 6.15. The number of carbonyl (C=O) groups excluding carboxylic acids is 3. The van der Waals surface area contributed by atoms with Crippen molar-refractivity contribution in [3.63, 3.8) is 0 Å². The van der Waals surface area contributed by atoms with Gasteiger partial charge >= 0.3 is 21.2 Å². The van der Waals surface area contributed by atoms with Gasteiger partial charge in [0.25, 0.3) is 18.0 Å². The molecule has 0 saturated carbocycles. The van der Waals surface area contributed by atoms with Crippen LogP contribution in [0.5, 0.6) is 0 Å². The normalized spacial score (nSPS) is 18.1. The maximum absolute atomic E-state index is 12.6. The highest BCUT2D eigenvalue weighted by molar-refractivity contribution is 7.72. The topological polar surface area (TPSA) is 267 Å². The number of carboxylic acid groups (broad SMARTS) is 1.